The molecule has 198 valence electrons. The molecular formula is C21H41BN7O6+. The van der Waals surface area contributed by atoms with Gasteiger partial charge in [-0.25, -0.2) is 5.21 Å². The minimum absolute atomic E-state index is 0.102. The van der Waals surface area contributed by atoms with Crippen LogP contribution in [0, 0.1) is 27.6 Å². The molecular weight excluding hydrogens is 457 g/mol. The molecule has 0 heterocycles. The number of nitrogens with one attached hydrogen (secondary N) is 5. The predicted octanol–water partition coefficient (Wildman–Crippen LogP) is 0.636. The average molecular weight is 498 g/mol. The summed E-state index contributed by atoms with van der Waals surface area (Å²) in [6.45, 7) is 3.95. The number of unbranched alkanes of at least 4 members (excludes halogenated alkanes) is 6. The second kappa shape index (κ2) is 19.4. The summed E-state index contributed by atoms with van der Waals surface area (Å²) in [6, 6.07) is 1.20. The van der Waals surface area contributed by atoms with Crippen molar-refractivity contribution in [2.75, 3.05) is 6.54 Å². The molecule has 0 aromatic rings. The molecule has 13 nitrogen and oxygen atoms in total. The van der Waals surface area contributed by atoms with Crippen LogP contribution in [0.4, 0.5) is 0 Å². The molecule has 0 unspecified atom stereocenters. The molecule has 0 aliphatic rings. The van der Waals surface area contributed by atoms with Gasteiger partial charge in [0.15, 0.2) is 0 Å². The van der Waals surface area contributed by atoms with E-state index in [1.54, 1.807) is 5.43 Å². The Hall–Kier alpha value is -2.92. The zero-order valence-corrected chi connectivity index (χ0v) is 20.8. The zero-order chi connectivity index (χ0) is 26.6. The van der Waals surface area contributed by atoms with Crippen molar-refractivity contribution in [3.8, 4) is 6.07 Å². The van der Waals surface area contributed by atoms with Gasteiger partial charge in [0.1, 0.15) is 10.9 Å². The van der Waals surface area contributed by atoms with E-state index in [2.05, 4.69) is 22.0 Å². The summed E-state index contributed by atoms with van der Waals surface area (Å²) in [4.78, 5) is 35.7. The Bertz CT molecular complexity index is 702. The highest BCUT2D eigenvalue weighted by Gasteiger charge is 2.29. The van der Waals surface area contributed by atoms with Gasteiger partial charge in [-0.1, -0.05) is 39.5 Å². The fourth-order valence-electron chi connectivity index (χ4n) is 3.43. The molecule has 0 saturated heterocycles. The highest BCUT2D eigenvalue weighted by Crippen LogP contribution is 2.10. The first-order valence-electron chi connectivity index (χ1n) is 12.1. The third-order valence-corrected chi connectivity index (χ3v) is 5.19. The van der Waals surface area contributed by atoms with Crippen molar-refractivity contribution in [3.63, 3.8) is 0 Å². The Balaban J connectivity index is 4.75. The van der Waals surface area contributed by atoms with Gasteiger partial charge in [-0.05, 0) is 43.4 Å². The molecule has 0 aliphatic heterocycles. The number of hydrogen-bond acceptors (Lipinski definition) is 7. The van der Waals surface area contributed by atoms with Gasteiger partial charge in [0.2, 0.25) is 11.8 Å². The molecule has 0 rings (SSSR count). The summed E-state index contributed by atoms with van der Waals surface area (Å²) in [5, 5.41) is 50.9. The van der Waals surface area contributed by atoms with E-state index in [1.807, 2.05) is 13.8 Å². The Morgan fingerprint density at radius 2 is 1.69 bits per heavy atom. The van der Waals surface area contributed by atoms with Crippen LogP contribution < -0.4 is 21.4 Å². The molecule has 0 bridgehead atoms. The van der Waals surface area contributed by atoms with Crippen LogP contribution in [-0.2, 0) is 9.59 Å². The smallest absolute Gasteiger partial charge is 0.426 e. The largest absolute Gasteiger partial charge is 0.475 e. The van der Waals surface area contributed by atoms with Crippen LogP contribution in [0.15, 0.2) is 0 Å². The average Bonchev–Trinajstić information content (AvgIpc) is 2.76. The van der Waals surface area contributed by atoms with Crippen LogP contribution in [0.3, 0.4) is 0 Å². The number of nitrogens with zero attached hydrogens (tertiary/aromatic N) is 2. The molecule has 35 heavy (non-hydrogen) atoms. The molecule has 0 spiro atoms. The first kappa shape index (κ1) is 32.1. The van der Waals surface area contributed by atoms with Crippen LogP contribution in [-0.4, -0.2) is 63.7 Å². The SMILES string of the molecule is CC(C)C[C@H](NC(=O)[C@H](CCCNC(=N)N[N+](=O)O)NC(=O)CCCCCCCCC#N)B(O)O. The second-order valence-corrected chi connectivity index (χ2v) is 8.89. The maximum atomic E-state index is 12.8. The number of hydrogen-bond donors (Lipinski definition) is 8. The van der Waals surface area contributed by atoms with Gasteiger partial charge < -0.3 is 26.0 Å². The Morgan fingerprint density at radius 1 is 1.06 bits per heavy atom. The minimum Gasteiger partial charge on any atom is -0.426 e. The maximum absolute atomic E-state index is 12.8. The van der Waals surface area contributed by atoms with Gasteiger partial charge in [-0.3, -0.25) is 15.0 Å². The second-order valence-electron chi connectivity index (χ2n) is 8.89. The number of carbonyl (C=O) groups excluding carboxylic acids is 2. The molecule has 0 saturated carbocycles. The maximum Gasteiger partial charge on any atom is 0.475 e. The summed E-state index contributed by atoms with van der Waals surface area (Å²) in [5.41, 5.74) is 1.78. The fraction of sp³-hybridized carbons (Fsp3) is 0.810. The number of guanidine groups is 1. The molecule has 14 heteroatoms. The lowest BCUT2D eigenvalue weighted by molar-refractivity contribution is -0.822. The topological polar surface area (TPSA) is 211 Å². The Morgan fingerprint density at radius 3 is 2.26 bits per heavy atom. The molecule has 2 amide bonds. The normalized spacial score (nSPS) is 12.2. The standard InChI is InChI=1S/C21H40BN7O6/c1-16(2)15-18(22(32)33)27-20(31)17(11-10-14-25-21(24)28-29(34)35)26-19(30)12-8-6-4-3-5-7-9-13-23/h16-18,32-33H,3-12,14-15H2,1-2H3,(H5-,24,25,26,27,28,30,31,34,35)/p+1/t17-,18-/m0/s1. The third kappa shape index (κ3) is 18.1. The number of hydrazine groups is 1. The Labute approximate surface area is 207 Å². The zero-order valence-electron chi connectivity index (χ0n) is 20.8. The van der Waals surface area contributed by atoms with Crippen LogP contribution >= 0.6 is 0 Å². The van der Waals surface area contributed by atoms with E-state index in [-0.39, 0.29) is 31.2 Å². The van der Waals surface area contributed by atoms with Gasteiger partial charge in [-0.15, -0.1) is 0 Å². The number of amides is 2. The number of nitriles is 1. The summed E-state index contributed by atoms with van der Waals surface area (Å²) < 4.78 is 0. The highest BCUT2D eigenvalue weighted by molar-refractivity contribution is 6.43. The number of rotatable bonds is 19. The van der Waals surface area contributed by atoms with Crippen LogP contribution in [0.25, 0.3) is 0 Å². The lowest BCUT2D eigenvalue weighted by Crippen LogP contribution is -2.54. The van der Waals surface area contributed by atoms with E-state index < -0.39 is 36.0 Å². The molecule has 2 atom stereocenters. The van der Waals surface area contributed by atoms with Crippen molar-refractivity contribution in [2.45, 2.75) is 96.5 Å². The van der Waals surface area contributed by atoms with Gasteiger partial charge >= 0.3 is 12.2 Å². The summed E-state index contributed by atoms with van der Waals surface area (Å²) in [7, 11) is -1.74. The molecule has 0 fully saturated rings. The highest BCUT2D eigenvalue weighted by atomic mass is 16.7. The van der Waals surface area contributed by atoms with Crippen LogP contribution in [0.1, 0.15) is 84.5 Å². The van der Waals surface area contributed by atoms with Crippen molar-refractivity contribution in [3.05, 3.63) is 4.91 Å². The van der Waals surface area contributed by atoms with E-state index in [9.17, 15) is 24.5 Å². The van der Waals surface area contributed by atoms with Gasteiger partial charge in [0, 0.05) is 19.4 Å². The lowest BCUT2D eigenvalue weighted by atomic mass is 9.75. The molecule has 0 aliphatic carbocycles. The minimum atomic E-state index is -1.74. The quantitative estimate of drug-likeness (QED) is 0.0412. The molecule has 0 aromatic carbocycles. The monoisotopic (exact) mass is 498 g/mol. The van der Waals surface area contributed by atoms with Crippen LogP contribution in [0.5, 0.6) is 0 Å². The Kier molecular flexibility index (Phi) is 17.8. The van der Waals surface area contributed by atoms with Crippen molar-refractivity contribution in [2.24, 2.45) is 5.92 Å². The van der Waals surface area contributed by atoms with E-state index in [0.717, 1.165) is 32.1 Å². The number of carbonyl (C=O) groups is 2. The van der Waals surface area contributed by atoms with E-state index in [0.29, 0.717) is 25.7 Å². The van der Waals surface area contributed by atoms with Gasteiger partial charge in [0.05, 0.1) is 12.0 Å². The van der Waals surface area contributed by atoms with Crippen molar-refractivity contribution < 1.29 is 29.9 Å². The van der Waals surface area contributed by atoms with Crippen molar-refractivity contribution >= 4 is 24.9 Å². The van der Waals surface area contributed by atoms with Crippen molar-refractivity contribution in [1.82, 2.24) is 21.4 Å². The van der Waals surface area contributed by atoms with Gasteiger partial charge in [-0.2, -0.15) is 5.26 Å². The summed E-state index contributed by atoms with van der Waals surface area (Å²) in [6.07, 6.45) is 7.07. The molecule has 0 radical (unpaired) electrons. The first-order chi connectivity index (χ1) is 16.6. The van der Waals surface area contributed by atoms with Crippen LogP contribution in [0.2, 0.25) is 0 Å². The molecule has 0 aromatic heterocycles. The summed E-state index contributed by atoms with van der Waals surface area (Å²) >= 11 is 0. The summed E-state index contributed by atoms with van der Waals surface area (Å²) in [5.74, 6) is -2.04. The van der Waals surface area contributed by atoms with Gasteiger partial charge in [0.25, 0.3) is 5.96 Å². The fourth-order valence-corrected chi connectivity index (χ4v) is 3.43. The first-order valence-corrected chi connectivity index (χ1v) is 12.1. The predicted molar refractivity (Wildman–Crippen MR) is 130 cm³/mol. The van der Waals surface area contributed by atoms with E-state index >= 15 is 0 Å². The third-order valence-electron chi connectivity index (χ3n) is 5.19. The van der Waals surface area contributed by atoms with Crippen molar-refractivity contribution in [1.29, 1.82) is 10.7 Å². The molecule has 8 N–H and O–H groups in total. The van der Waals surface area contributed by atoms with E-state index in [4.69, 9.17) is 15.9 Å². The van der Waals surface area contributed by atoms with E-state index in [1.165, 1.54) is 0 Å². The lowest BCUT2D eigenvalue weighted by Gasteiger charge is -2.24.